The molecule has 0 spiro atoms. The molecule has 1 aromatic rings. The summed E-state index contributed by atoms with van der Waals surface area (Å²) < 4.78 is 4.76. The van der Waals surface area contributed by atoms with Crippen LogP contribution >= 0.6 is 0 Å². The maximum Gasteiger partial charge on any atom is 0.312 e. The van der Waals surface area contributed by atoms with E-state index in [0.29, 0.717) is 11.5 Å². The van der Waals surface area contributed by atoms with E-state index >= 15 is 0 Å². The van der Waals surface area contributed by atoms with Crippen molar-refractivity contribution in [1.29, 1.82) is 0 Å². The summed E-state index contributed by atoms with van der Waals surface area (Å²) in [5, 5.41) is 14.3. The molecule has 6 nitrogen and oxygen atoms in total. The van der Waals surface area contributed by atoms with Crippen LogP contribution in [0.2, 0.25) is 0 Å². The van der Waals surface area contributed by atoms with E-state index in [2.05, 4.69) is 10.5 Å². The molecule has 1 rings (SSSR count). The first-order chi connectivity index (χ1) is 6.58. The van der Waals surface area contributed by atoms with Crippen LogP contribution in [0.4, 0.5) is 0 Å². The van der Waals surface area contributed by atoms with Gasteiger partial charge in [-0.3, -0.25) is 9.59 Å². The molecular formula is C8H10N2O4. The molecule has 14 heavy (non-hydrogen) atoms. The fourth-order valence-corrected chi connectivity index (χ4v) is 0.890. The highest BCUT2D eigenvalue weighted by molar-refractivity contribution is 5.93. The third-order valence-electron chi connectivity index (χ3n) is 1.46. The first-order valence-corrected chi connectivity index (χ1v) is 3.98. The lowest BCUT2D eigenvalue weighted by atomic mass is 10.3. The van der Waals surface area contributed by atoms with Gasteiger partial charge < -0.3 is 14.9 Å². The maximum atomic E-state index is 10.9. The standard InChI is InChI=1S/C8H10N2O4/c1-5-2-6(10-14-5)4-9-7(11)3-8(12)13/h2H,3-4H2,1H3,(H,9,11)(H,12,13). The first-order valence-electron chi connectivity index (χ1n) is 3.98. The van der Waals surface area contributed by atoms with Gasteiger partial charge in [0.25, 0.3) is 0 Å². The summed E-state index contributed by atoms with van der Waals surface area (Å²) in [5.41, 5.74) is 0.571. The molecule has 0 radical (unpaired) electrons. The molecule has 0 fully saturated rings. The Morgan fingerprint density at radius 3 is 2.86 bits per heavy atom. The summed E-state index contributed by atoms with van der Waals surface area (Å²) >= 11 is 0. The van der Waals surface area contributed by atoms with Gasteiger partial charge in [-0.15, -0.1) is 0 Å². The van der Waals surface area contributed by atoms with Crippen LogP contribution in [0, 0.1) is 6.92 Å². The lowest BCUT2D eigenvalue weighted by molar-refractivity contribution is -0.140. The predicted octanol–water partition coefficient (Wildman–Crippen LogP) is 0.0739. The third-order valence-corrected chi connectivity index (χ3v) is 1.46. The lowest BCUT2D eigenvalue weighted by Crippen LogP contribution is -2.25. The Labute approximate surface area is 79.9 Å². The van der Waals surface area contributed by atoms with Crippen molar-refractivity contribution in [3.05, 3.63) is 17.5 Å². The van der Waals surface area contributed by atoms with Gasteiger partial charge in [0.15, 0.2) is 0 Å². The molecular weight excluding hydrogens is 188 g/mol. The van der Waals surface area contributed by atoms with Gasteiger partial charge >= 0.3 is 5.97 Å². The van der Waals surface area contributed by atoms with E-state index in [1.807, 2.05) is 0 Å². The van der Waals surface area contributed by atoms with Crippen LogP contribution < -0.4 is 5.32 Å². The smallest absolute Gasteiger partial charge is 0.312 e. The molecule has 1 heterocycles. The summed E-state index contributed by atoms with van der Waals surface area (Å²) in [6.45, 7) is 1.92. The van der Waals surface area contributed by atoms with Gasteiger partial charge in [0.2, 0.25) is 5.91 Å². The number of carbonyl (C=O) groups excluding carboxylic acids is 1. The quantitative estimate of drug-likeness (QED) is 0.668. The monoisotopic (exact) mass is 198 g/mol. The van der Waals surface area contributed by atoms with Gasteiger partial charge in [-0.2, -0.15) is 0 Å². The number of nitrogens with one attached hydrogen (secondary N) is 1. The number of amides is 1. The maximum absolute atomic E-state index is 10.9. The molecule has 1 aromatic heterocycles. The molecule has 1 amide bonds. The van der Waals surface area contributed by atoms with Gasteiger partial charge in [-0.05, 0) is 6.92 Å². The van der Waals surface area contributed by atoms with Gasteiger partial charge in [0.05, 0.1) is 6.54 Å². The molecule has 0 bridgehead atoms. The third kappa shape index (κ3) is 3.26. The van der Waals surface area contributed by atoms with E-state index in [1.165, 1.54) is 0 Å². The summed E-state index contributed by atoms with van der Waals surface area (Å²) in [4.78, 5) is 21.0. The SMILES string of the molecule is Cc1cc(CNC(=O)CC(=O)O)no1. The zero-order valence-electron chi connectivity index (χ0n) is 7.61. The topological polar surface area (TPSA) is 92.4 Å². The van der Waals surface area contributed by atoms with Crippen LogP contribution in [0.5, 0.6) is 0 Å². The van der Waals surface area contributed by atoms with Crippen molar-refractivity contribution in [1.82, 2.24) is 10.5 Å². The molecule has 0 saturated carbocycles. The Kier molecular flexibility index (Phi) is 3.22. The Morgan fingerprint density at radius 2 is 2.36 bits per heavy atom. The van der Waals surface area contributed by atoms with Crippen LogP contribution in [0.25, 0.3) is 0 Å². The Morgan fingerprint density at radius 1 is 1.64 bits per heavy atom. The molecule has 0 aliphatic rings. The highest BCUT2D eigenvalue weighted by atomic mass is 16.5. The highest BCUT2D eigenvalue weighted by Crippen LogP contribution is 2.00. The summed E-state index contributed by atoms with van der Waals surface area (Å²) in [6, 6.07) is 1.67. The minimum absolute atomic E-state index is 0.184. The lowest BCUT2D eigenvalue weighted by Gasteiger charge is -1.98. The number of hydrogen-bond acceptors (Lipinski definition) is 4. The predicted molar refractivity (Wildman–Crippen MR) is 45.3 cm³/mol. The molecule has 76 valence electrons. The second-order valence-electron chi connectivity index (χ2n) is 2.78. The van der Waals surface area contributed by atoms with E-state index in [0.717, 1.165) is 0 Å². The van der Waals surface area contributed by atoms with Crippen molar-refractivity contribution in [2.75, 3.05) is 0 Å². The van der Waals surface area contributed by atoms with Crippen LogP contribution in [0.1, 0.15) is 17.9 Å². The zero-order valence-corrected chi connectivity index (χ0v) is 7.61. The van der Waals surface area contributed by atoms with Gasteiger partial charge in [-0.25, -0.2) is 0 Å². The molecule has 0 unspecified atom stereocenters. The van der Waals surface area contributed by atoms with Crippen LogP contribution in [0.3, 0.4) is 0 Å². The van der Waals surface area contributed by atoms with E-state index in [1.54, 1.807) is 13.0 Å². The number of carboxylic acid groups (broad SMARTS) is 1. The summed E-state index contributed by atoms with van der Waals surface area (Å²) in [7, 11) is 0. The van der Waals surface area contributed by atoms with Gasteiger partial charge in [0.1, 0.15) is 17.9 Å². The Balaban J connectivity index is 2.34. The van der Waals surface area contributed by atoms with Crippen molar-refractivity contribution in [3.63, 3.8) is 0 Å². The minimum Gasteiger partial charge on any atom is -0.481 e. The highest BCUT2D eigenvalue weighted by Gasteiger charge is 2.07. The number of aliphatic carboxylic acids is 1. The van der Waals surface area contributed by atoms with Gasteiger partial charge in [-0.1, -0.05) is 5.16 Å². The van der Waals surface area contributed by atoms with E-state index in [-0.39, 0.29) is 6.54 Å². The number of carboxylic acids is 1. The molecule has 0 aliphatic carbocycles. The first kappa shape index (κ1) is 10.2. The number of carbonyl (C=O) groups is 2. The van der Waals surface area contributed by atoms with E-state index in [4.69, 9.17) is 9.63 Å². The number of hydrogen-bond donors (Lipinski definition) is 2. The van der Waals surface area contributed by atoms with E-state index in [9.17, 15) is 9.59 Å². The second kappa shape index (κ2) is 4.40. The van der Waals surface area contributed by atoms with Crippen molar-refractivity contribution >= 4 is 11.9 Å². The normalized spacial score (nSPS) is 9.79. The Hall–Kier alpha value is -1.85. The van der Waals surface area contributed by atoms with Crippen molar-refractivity contribution in [2.45, 2.75) is 19.9 Å². The molecule has 0 aromatic carbocycles. The van der Waals surface area contributed by atoms with E-state index < -0.39 is 18.3 Å². The van der Waals surface area contributed by atoms with Crippen molar-refractivity contribution < 1.29 is 19.2 Å². The number of aromatic nitrogens is 1. The Bertz CT molecular complexity index is 345. The van der Waals surface area contributed by atoms with Gasteiger partial charge in [0, 0.05) is 6.07 Å². The van der Waals surface area contributed by atoms with Crippen molar-refractivity contribution in [3.8, 4) is 0 Å². The fourth-order valence-electron chi connectivity index (χ4n) is 0.890. The van der Waals surface area contributed by atoms with Crippen LogP contribution in [0.15, 0.2) is 10.6 Å². The molecule has 2 N–H and O–H groups in total. The minimum atomic E-state index is -1.15. The molecule has 6 heteroatoms. The average molecular weight is 198 g/mol. The average Bonchev–Trinajstić information content (AvgIpc) is 2.47. The second-order valence-corrected chi connectivity index (χ2v) is 2.78. The largest absolute Gasteiger partial charge is 0.481 e. The molecule has 0 saturated heterocycles. The van der Waals surface area contributed by atoms with Crippen molar-refractivity contribution in [2.24, 2.45) is 0 Å². The van der Waals surface area contributed by atoms with Crippen LogP contribution in [-0.4, -0.2) is 22.1 Å². The summed E-state index contributed by atoms with van der Waals surface area (Å²) in [5.74, 6) is -1.05. The fraction of sp³-hybridized carbons (Fsp3) is 0.375. The number of rotatable bonds is 4. The van der Waals surface area contributed by atoms with Crippen LogP contribution in [-0.2, 0) is 16.1 Å². The number of aryl methyl sites for hydroxylation is 1. The molecule has 0 atom stereocenters. The zero-order chi connectivity index (χ0) is 10.6. The summed E-state index contributed by atoms with van der Waals surface area (Å²) in [6.07, 6.45) is -0.531. The number of nitrogens with zero attached hydrogens (tertiary/aromatic N) is 1. The molecule has 0 aliphatic heterocycles.